The molecule has 0 spiro atoms. The molecule has 4 heterocycles. The quantitative estimate of drug-likeness (QED) is 0.548. The molecular formula is C17H16N6O2S2. The van der Waals surface area contributed by atoms with Gasteiger partial charge in [-0.2, -0.15) is 9.40 Å². The maximum Gasteiger partial charge on any atom is 0.211 e. The Morgan fingerprint density at radius 2 is 2.19 bits per heavy atom. The molecule has 3 aromatic heterocycles. The third-order valence-corrected chi connectivity index (χ3v) is 7.15. The minimum Gasteiger partial charge on any atom is -0.340 e. The Morgan fingerprint density at radius 1 is 1.30 bits per heavy atom. The highest BCUT2D eigenvalue weighted by atomic mass is 32.2. The van der Waals surface area contributed by atoms with Crippen molar-refractivity contribution >= 4 is 54.0 Å². The fraction of sp³-hybridized carbons (Fsp3) is 0.235. The topological polar surface area (TPSA) is 104 Å². The summed E-state index contributed by atoms with van der Waals surface area (Å²) in [5.74, 6) is 0.744. The molecule has 0 fully saturated rings. The summed E-state index contributed by atoms with van der Waals surface area (Å²) in [7, 11) is -3.20. The number of hydrogen-bond acceptors (Lipinski definition) is 7. The van der Waals surface area contributed by atoms with Crippen molar-refractivity contribution in [3.8, 4) is 0 Å². The SMILES string of the molecule is CS(=O)(=O)N1CCc2c(sc3ncnc(Nc4ccc5[nH]ncc5c4)c23)C1. The predicted molar refractivity (Wildman–Crippen MR) is 106 cm³/mol. The minimum atomic E-state index is -3.20. The second kappa shape index (κ2) is 5.98. The normalized spacial score (nSPS) is 15.3. The van der Waals surface area contributed by atoms with Crippen molar-refractivity contribution < 1.29 is 8.42 Å². The van der Waals surface area contributed by atoms with Gasteiger partial charge >= 0.3 is 0 Å². The molecule has 0 amide bonds. The van der Waals surface area contributed by atoms with E-state index >= 15 is 0 Å². The molecule has 10 heteroatoms. The molecule has 1 aliphatic heterocycles. The fourth-order valence-corrected chi connectivity index (χ4v) is 5.51. The highest BCUT2D eigenvalue weighted by molar-refractivity contribution is 7.88. The molecule has 1 aromatic carbocycles. The lowest BCUT2D eigenvalue weighted by molar-refractivity contribution is 0.400. The second-order valence-electron chi connectivity index (χ2n) is 6.55. The van der Waals surface area contributed by atoms with E-state index in [0.29, 0.717) is 19.5 Å². The van der Waals surface area contributed by atoms with Crippen molar-refractivity contribution in [2.45, 2.75) is 13.0 Å². The van der Waals surface area contributed by atoms with Crippen LogP contribution in [0.2, 0.25) is 0 Å². The molecule has 0 unspecified atom stereocenters. The van der Waals surface area contributed by atoms with E-state index in [1.165, 1.54) is 28.2 Å². The number of nitrogens with one attached hydrogen (secondary N) is 2. The predicted octanol–water partition coefficient (Wildman–Crippen LogP) is 2.63. The number of aromatic nitrogens is 4. The number of H-pyrrole nitrogens is 1. The van der Waals surface area contributed by atoms with Crippen LogP contribution in [0.4, 0.5) is 11.5 Å². The summed E-state index contributed by atoms with van der Waals surface area (Å²) in [5.41, 5.74) is 3.03. The molecule has 0 saturated heterocycles. The molecule has 0 bridgehead atoms. The number of anilines is 2. The summed E-state index contributed by atoms with van der Waals surface area (Å²) < 4.78 is 25.3. The number of fused-ring (bicyclic) bond motifs is 4. The van der Waals surface area contributed by atoms with Crippen molar-refractivity contribution in [3.05, 3.63) is 41.2 Å². The Balaban J connectivity index is 1.56. The summed E-state index contributed by atoms with van der Waals surface area (Å²) in [6, 6.07) is 5.95. The van der Waals surface area contributed by atoms with Crippen LogP contribution >= 0.6 is 11.3 Å². The van der Waals surface area contributed by atoms with E-state index in [9.17, 15) is 8.42 Å². The number of aromatic amines is 1. The number of hydrogen-bond donors (Lipinski definition) is 2. The summed E-state index contributed by atoms with van der Waals surface area (Å²) in [6.45, 7) is 0.878. The van der Waals surface area contributed by atoms with Crippen LogP contribution in [0.5, 0.6) is 0 Å². The van der Waals surface area contributed by atoms with Crippen molar-refractivity contribution in [3.63, 3.8) is 0 Å². The second-order valence-corrected chi connectivity index (χ2v) is 9.62. The fourth-order valence-electron chi connectivity index (χ4n) is 3.44. The standard InChI is InChI=1S/C17H16N6O2S2/c1-27(24,25)23-5-4-12-14(8-23)26-17-15(12)16(18-9-19-17)21-11-2-3-13-10(6-11)7-20-22-13/h2-3,6-7,9H,4-5,8H2,1H3,(H,20,22)(H,18,19,21). The molecule has 1 aliphatic rings. The zero-order valence-electron chi connectivity index (χ0n) is 14.4. The number of benzene rings is 1. The molecule has 0 radical (unpaired) electrons. The molecule has 5 rings (SSSR count). The van der Waals surface area contributed by atoms with Gasteiger partial charge in [0.15, 0.2) is 0 Å². The molecule has 2 N–H and O–H groups in total. The molecule has 27 heavy (non-hydrogen) atoms. The Morgan fingerprint density at radius 3 is 3.04 bits per heavy atom. The van der Waals surface area contributed by atoms with Gasteiger partial charge in [0.1, 0.15) is 17.0 Å². The van der Waals surface area contributed by atoms with Crippen molar-refractivity contribution in [2.24, 2.45) is 0 Å². The largest absolute Gasteiger partial charge is 0.340 e. The number of thiophene rings is 1. The van der Waals surface area contributed by atoms with E-state index in [-0.39, 0.29) is 0 Å². The molecular weight excluding hydrogens is 384 g/mol. The first-order valence-electron chi connectivity index (χ1n) is 8.39. The summed E-state index contributed by atoms with van der Waals surface area (Å²) in [5, 5.41) is 12.4. The lowest BCUT2D eigenvalue weighted by Gasteiger charge is -2.24. The lowest BCUT2D eigenvalue weighted by atomic mass is 10.1. The zero-order valence-corrected chi connectivity index (χ0v) is 16.1. The van der Waals surface area contributed by atoms with E-state index in [0.717, 1.165) is 43.1 Å². The van der Waals surface area contributed by atoms with Crippen LogP contribution in [-0.4, -0.2) is 45.7 Å². The van der Waals surface area contributed by atoms with Crippen molar-refractivity contribution in [2.75, 3.05) is 18.1 Å². The lowest BCUT2D eigenvalue weighted by Crippen LogP contribution is -2.34. The van der Waals surface area contributed by atoms with Gasteiger partial charge < -0.3 is 5.32 Å². The van der Waals surface area contributed by atoms with Gasteiger partial charge in [0.2, 0.25) is 10.0 Å². The van der Waals surface area contributed by atoms with Gasteiger partial charge in [-0.1, -0.05) is 0 Å². The Labute approximate surface area is 159 Å². The van der Waals surface area contributed by atoms with Gasteiger partial charge in [0, 0.05) is 29.0 Å². The average Bonchev–Trinajstić information content (AvgIpc) is 3.24. The van der Waals surface area contributed by atoms with Gasteiger partial charge in [-0.05, 0) is 30.2 Å². The summed E-state index contributed by atoms with van der Waals surface area (Å²) in [4.78, 5) is 10.8. The zero-order chi connectivity index (χ0) is 18.6. The molecule has 0 aliphatic carbocycles. The van der Waals surface area contributed by atoms with Crippen LogP contribution in [0, 0.1) is 0 Å². The van der Waals surface area contributed by atoms with E-state index in [4.69, 9.17) is 0 Å². The first kappa shape index (κ1) is 16.6. The highest BCUT2D eigenvalue weighted by Gasteiger charge is 2.28. The van der Waals surface area contributed by atoms with E-state index in [1.807, 2.05) is 18.2 Å². The van der Waals surface area contributed by atoms with E-state index in [2.05, 4.69) is 25.5 Å². The van der Waals surface area contributed by atoms with Gasteiger partial charge in [-0.25, -0.2) is 18.4 Å². The molecule has 0 atom stereocenters. The van der Waals surface area contributed by atoms with Crippen LogP contribution in [0.25, 0.3) is 21.1 Å². The Kier molecular flexibility index (Phi) is 3.67. The summed E-state index contributed by atoms with van der Waals surface area (Å²) in [6.07, 6.45) is 5.23. The van der Waals surface area contributed by atoms with Crippen molar-refractivity contribution in [1.82, 2.24) is 24.5 Å². The third-order valence-electron chi connectivity index (χ3n) is 4.77. The number of nitrogens with zero attached hydrogens (tertiary/aromatic N) is 4. The Bertz CT molecular complexity index is 1280. The van der Waals surface area contributed by atoms with Crippen LogP contribution in [-0.2, 0) is 23.0 Å². The van der Waals surface area contributed by atoms with Crippen LogP contribution in [0.1, 0.15) is 10.4 Å². The van der Waals surface area contributed by atoms with Gasteiger partial charge in [-0.15, -0.1) is 11.3 Å². The van der Waals surface area contributed by atoms with Gasteiger partial charge in [0.25, 0.3) is 0 Å². The first-order valence-corrected chi connectivity index (χ1v) is 11.1. The molecule has 4 aromatic rings. The molecule has 138 valence electrons. The van der Waals surface area contributed by atoms with Crippen molar-refractivity contribution in [1.29, 1.82) is 0 Å². The monoisotopic (exact) mass is 400 g/mol. The highest BCUT2D eigenvalue weighted by Crippen LogP contribution is 2.38. The van der Waals surface area contributed by atoms with E-state index < -0.39 is 10.0 Å². The number of sulfonamides is 1. The smallest absolute Gasteiger partial charge is 0.211 e. The van der Waals surface area contributed by atoms with Crippen LogP contribution in [0.3, 0.4) is 0 Å². The first-order chi connectivity index (χ1) is 13.0. The molecule has 8 nitrogen and oxygen atoms in total. The van der Waals surface area contributed by atoms with Crippen LogP contribution < -0.4 is 5.32 Å². The van der Waals surface area contributed by atoms with Crippen LogP contribution in [0.15, 0.2) is 30.7 Å². The third kappa shape index (κ3) is 2.85. The maximum absolute atomic E-state index is 11.9. The average molecular weight is 400 g/mol. The molecule has 0 saturated carbocycles. The van der Waals surface area contributed by atoms with Gasteiger partial charge in [-0.3, -0.25) is 5.10 Å². The Hall–Kier alpha value is -2.56. The van der Waals surface area contributed by atoms with Gasteiger partial charge in [0.05, 0.1) is 23.4 Å². The minimum absolute atomic E-state index is 0.398. The van der Waals surface area contributed by atoms with E-state index in [1.54, 1.807) is 6.20 Å². The summed E-state index contributed by atoms with van der Waals surface area (Å²) >= 11 is 1.54. The number of rotatable bonds is 3. The maximum atomic E-state index is 11.9.